The van der Waals surface area contributed by atoms with E-state index in [0.717, 1.165) is 27.8 Å². The van der Waals surface area contributed by atoms with Crippen LogP contribution >= 0.6 is 11.8 Å². The summed E-state index contributed by atoms with van der Waals surface area (Å²) in [5, 5.41) is 4.66. The van der Waals surface area contributed by atoms with E-state index in [4.69, 9.17) is 4.98 Å². The van der Waals surface area contributed by atoms with Crippen molar-refractivity contribution in [2.45, 2.75) is 12.7 Å². The second-order valence-corrected chi connectivity index (χ2v) is 6.58. The first-order valence-corrected chi connectivity index (χ1v) is 9.06. The number of nitrogens with zero attached hydrogens (tertiary/aromatic N) is 2. The highest BCUT2D eigenvalue weighted by molar-refractivity contribution is 8.12. The Bertz CT molecular complexity index is 1000. The molecule has 1 aromatic heterocycles. The van der Waals surface area contributed by atoms with Gasteiger partial charge in [-0.1, -0.05) is 30.3 Å². The van der Waals surface area contributed by atoms with Gasteiger partial charge in [-0.15, -0.1) is 0 Å². The molecular formula is C19H21BrN4OS. The fraction of sp³-hybridized carbons (Fsp3) is 0.211. The normalized spacial score (nSPS) is 11.3. The molecule has 0 fully saturated rings. The minimum atomic E-state index is -0.0361. The number of thioether (sulfide) groups is 1. The molecule has 0 unspecified atom stereocenters. The number of fused-ring (bicyclic) bond motifs is 1. The summed E-state index contributed by atoms with van der Waals surface area (Å²) in [7, 11) is 3.72. The average Bonchev–Trinajstić information content (AvgIpc) is 2.64. The van der Waals surface area contributed by atoms with Gasteiger partial charge in [-0.25, -0.2) is 4.98 Å². The summed E-state index contributed by atoms with van der Waals surface area (Å²) in [6, 6.07) is 15.4. The highest BCUT2D eigenvalue weighted by atomic mass is 79.9. The molecule has 0 spiro atoms. The zero-order valence-corrected chi connectivity index (χ0v) is 17.3. The van der Waals surface area contributed by atoms with E-state index in [2.05, 4.69) is 10.3 Å². The van der Waals surface area contributed by atoms with E-state index in [-0.39, 0.29) is 22.5 Å². The fourth-order valence-corrected chi connectivity index (χ4v) is 3.50. The zero-order valence-electron chi connectivity index (χ0n) is 14.9. The molecule has 0 radical (unpaired) electrons. The standard InChI is InChI=1S/C19H20N4OS.BrH/c1-13-8-4-7-11-16(13)23-17(12-25-19(20-2)21-3)22-15-10-6-5-9-14(15)18(23)24;/h4-11H,12H2,1-3H3,(H,20,21);1H. The van der Waals surface area contributed by atoms with E-state index in [9.17, 15) is 4.79 Å². The Morgan fingerprint density at radius 2 is 1.88 bits per heavy atom. The van der Waals surface area contributed by atoms with Crippen LogP contribution in [0.2, 0.25) is 0 Å². The van der Waals surface area contributed by atoms with Gasteiger partial charge in [0.2, 0.25) is 0 Å². The number of aromatic nitrogens is 2. The third-order valence-electron chi connectivity index (χ3n) is 4.00. The van der Waals surface area contributed by atoms with Gasteiger partial charge >= 0.3 is 5.17 Å². The maximum Gasteiger partial charge on any atom is 0.304 e. The lowest BCUT2D eigenvalue weighted by molar-refractivity contribution is -0.418. The number of para-hydroxylation sites is 2. The predicted molar refractivity (Wildman–Crippen MR) is 104 cm³/mol. The molecule has 3 rings (SSSR count). The fourth-order valence-electron chi connectivity index (χ4n) is 2.74. The molecule has 26 heavy (non-hydrogen) atoms. The number of amidine groups is 1. The van der Waals surface area contributed by atoms with Gasteiger partial charge in [-0.2, -0.15) is 0 Å². The Hall–Kier alpha value is -2.12. The molecule has 2 aromatic carbocycles. The van der Waals surface area contributed by atoms with Gasteiger partial charge in [0.25, 0.3) is 5.56 Å². The van der Waals surface area contributed by atoms with Crippen molar-refractivity contribution in [2.24, 2.45) is 0 Å². The lowest BCUT2D eigenvalue weighted by Crippen LogP contribution is -3.00. The number of hydrogen-bond donors (Lipinski definition) is 2. The molecule has 1 heterocycles. The molecule has 0 amide bonds. The van der Waals surface area contributed by atoms with E-state index in [0.29, 0.717) is 11.1 Å². The highest BCUT2D eigenvalue weighted by Gasteiger charge is 2.15. The van der Waals surface area contributed by atoms with Crippen molar-refractivity contribution in [2.75, 3.05) is 14.1 Å². The monoisotopic (exact) mass is 432 g/mol. The molecule has 0 aliphatic heterocycles. The zero-order chi connectivity index (χ0) is 17.8. The first kappa shape index (κ1) is 20.2. The molecule has 0 aliphatic rings. The SMILES string of the molecule is CNC(=[NH+]C)SCc1nc2ccccc2c(=O)n1-c1ccccc1C.[Br-]. The van der Waals surface area contributed by atoms with Crippen molar-refractivity contribution in [1.29, 1.82) is 0 Å². The number of aryl methyl sites for hydroxylation is 1. The van der Waals surface area contributed by atoms with Gasteiger partial charge in [-0.3, -0.25) is 19.7 Å². The molecule has 0 saturated carbocycles. The number of rotatable bonds is 3. The van der Waals surface area contributed by atoms with Crippen LogP contribution in [0.15, 0.2) is 53.3 Å². The summed E-state index contributed by atoms with van der Waals surface area (Å²) in [6.07, 6.45) is 0. The maximum atomic E-state index is 13.2. The van der Waals surface area contributed by atoms with Crippen molar-refractivity contribution < 1.29 is 22.0 Å². The summed E-state index contributed by atoms with van der Waals surface area (Å²) >= 11 is 1.58. The summed E-state index contributed by atoms with van der Waals surface area (Å²) < 4.78 is 1.73. The van der Waals surface area contributed by atoms with E-state index >= 15 is 0 Å². The Morgan fingerprint density at radius 1 is 1.19 bits per heavy atom. The molecule has 136 valence electrons. The van der Waals surface area contributed by atoms with Crippen LogP contribution in [0.1, 0.15) is 11.4 Å². The first-order valence-electron chi connectivity index (χ1n) is 8.07. The van der Waals surface area contributed by atoms with Crippen molar-refractivity contribution >= 4 is 27.8 Å². The van der Waals surface area contributed by atoms with Gasteiger partial charge in [0.15, 0.2) is 0 Å². The maximum absolute atomic E-state index is 13.2. The van der Waals surface area contributed by atoms with Crippen LogP contribution in [0.25, 0.3) is 16.6 Å². The van der Waals surface area contributed by atoms with Gasteiger partial charge in [0, 0.05) is 0 Å². The Labute approximate surface area is 167 Å². The van der Waals surface area contributed by atoms with Crippen LogP contribution in [0, 0.1) is 6.92 Å². The number of halogens is 1. The lowest BCUT2D eigenvalue weighted by Gasteiger charge is -2.15. The first-order chi connectivity index (χ1) is 12.2. The summed E-state index contributed by atoms with van der Waals surface area (Å²) in [6.45, 7) is 2.01. The topological polar surface area (TPSA) is 60.9 Å². The lowest BCUT2D eigenvalue weighted by atomic mass is 10.2. The molecule has 0 bridgehead atoms. The minimum absolute atomic E-state index is 0. The van der Waals surface area contributed by atoms with E-state index in [1.807, 2.05) is 69.6 Å². The largest absolute Gasteiger partial charge is 1.00 e. The Morgan fingerprint density at radius 3 is 2.58 bits per heavy atom. The second-order valence-electron chi connectivity index (χ2n) is 5.59. The van der Waals surface area contributed by atoms with E-state index in [1.54, 1.807) is 16.3 Å². The molecule has 3 aromatic rings. The molecule has 5 nitrogen and oxygen atoms in total. The van der Waals surface area contributed by atoms with Crippen molar-refractivity contribution in [1.82, 2.24) is 14.9 Å². The summed E-state index contributed by atoms with van der Waals surface area (Å²) in [5.41, 5.74) is 2.60. The predicted octanol–water partition coefficient (Wildman–Crippen LogP) is -1.78. The highest BCUT2D eigenvalue weighted by Crippen LogP contribution is 2.19. The van der Waals surface area contributed by atoms with Crippen molar-refractivity contribution in [3.63, 3.8) is 0 Å². The van der Waals surface area contributed by atoms with Gasteiger partial charge in [-0.05, 0) is 42.4 Å². The van der Waals surface area contributed by atoms with Gasteiger partial charge in [0.05, 0.1) is 36.4 Å². The average molecular weight is 433 g/mol. The number of hydrogen-bond acceptors (Lipinski definition) is 3. The minimum Gasteiger partial charge on any atom is -1.00 e. The quantitative estimate of drug-likeness (QED) is 0.379. The molecule has 7 heteroatoms. The molecule has 2 N–H and O–H groups in total. The van der Waals surface area contributed by atoms with Crippen LogP contribution in [-0.2, 0) is 5.75 Å². The third kappa shape index (κ3) is 3.99. The molecular weight excluding hydrogens is 412 g/mol. The smallest absolute Gasteiger partial charge is 0.304 e. The second kappa shape index (κ2) is 9.00. The van der Waals surface area contributed by atoms with E-state index in [1.165, 1.54) is 0 Å². The Kier molecular flexibility index (Phi) is 6.99. The van der Waals surface area contributed by atoms with Crippen LogP contribution < -0.4 is 32.8 Å². The molecule has 0 atom stereocenters. The molecule has 0 aliphatic carbocycles. The van der Waals surface area contributed by atoms with Gasteiger partial charge in [0.1, 0.15) is 5.82 Å². The van der Waals surface area contributed by atoms with Crippen LogP contribution in [0.3, 0.4) is 0 Å². The molecule has 0 saturated heterocycles. The van der Waals surface area contributed by atoms with Gasteiger partial charge < -0.3 is 17.0 Å². The van der Waals surface area contributed by atoms with E-state index < -0.39 is 0 Å². The number of benzene rings is 2. The Balaban J connectivity index is 0.00000243. The van der Waals surface area contributed by atoms with Crippen LogP contribution in [0.4, 0.5) is 0 Å². The van der Waals surface area contributed by atoms with Crippen molar-refractivity contribution in [3.05, 3.63) is 70.3 Å². The van der Waals surface area contributed by atoms with Crippen LogP contribution in [0.5, 0.6) is 0 Å². The van der Waals surface area contributed by atoms with Crippen molar-refractivity contribution in [3.8, 4) is 5.69 Å². The summed E-state index contributed by atoms with van der Waals surface area (Å²) in [5.74, 6) is 1.30. The third-order valence-corrected chi connectivity index (χ3v) is 5.10. The number of nitrogens with one attached hydrogen (secondary N) is 2. The van der Waals surface area contributed by atoms with Crippen LogP contribution in [-0.4, -0.2) is 28.8 Å². The summed E-state index contributed by atoms with van der Waals surface area (Å²) in [4.78, 5) is 21.0.